The van der Waals surface area contributed by atoms with Gasteiger partial charge in [-0.15, -0.1) is 5.10 Å². The maximum Gasteiger partial charge on any atom is 0.360 e. The van der Waals surface area contributed by atoms with Crippen molar-refractivity contribution in [2.45, 2.75) is 13.2 Å². The van der Waals surface area contributed by atoms with Crippen LogP contribution in [-0.4, -0.2) is 35.2 Å². The zero-order chi connectivity index (χ0) is 14.5. The molecule has 0 radical (unpaired) electrons. The second-order valence-corrected chi connectivity index (χ2v) is 4.91. The number of methoxy groups -OCH3 is 2. The summed E-state index contributed by atoms with van der Waals surface area (Å²) in [6, 6.07) is 7.79. The largest absolute Gasteiger partial charge is 0.464 e. The summed E-state index contributed by atoms with van der Waals surface area (Å²) < 4.78 is 12.4. The zero-order valence-corrected chi connectivity index (χ0v) is 12.8. The van der Waals surface area contributed by atoms with Crippen LogP contribution >= 0.6 is 15.9 Å². The Balaban J connectivity index is 2.34. The van der Waals surface area contributed by atoms with Crippen LogP contribution in [0.5, 0.6) is 0 Å². The highest BCUT2D eigenvalue weighted by molar-refractivity contribution is 9.10. The lowest BCUT2D eigenvalue weighted by Crippen LogP contribution is -2.11. The zero-order valence-electron chi connectivity index (χ0n) is 11.2. The minimum atomic E-state index is -0.518. The van der Waals surface area contributed by atoms with Gasteiger partial charge in [-0.25, -0.2) is 9.48 Å². The van der Waals surface area contributed by atoms with Crippen LogP contribution in [0.2, 0.25) is 0 Å². The first kappa shape index (κ1) is 14.7. The molecule has 0 aliphatic rings. The van der Waals surface area contributed by atoms with Gasteiger partial charge in [-0.1, -0.05) is 39.3 Å². The van der Waals surface area contributed by atoms with E-state index in [0.717, 1.165) is 10.0 Å². The quantitative estimate of drug-likeness (QED) is 0.779. The average molecular weight is 340 g/mol. The van der Waals surface area contributed by atoms with Gasteiger partial charge in [-0.3, -0.25) is 0 Å². The fourth-order valence-corrected chi connectivity index (χ4v) is 2.19. The van der Waals surface area contributed by atoms with E-state index in [2.05, 4.69) is 26.2 Å². The van der Waals surface area contributed by atoms with Crippen LogP contribution in [0.1, 0.15) is 21.7 Å². The highest BCUT2D eigenvalue weighted by Gasteiger charge is 2.20. The lowest BCUT2D eigenvalue weighted by Gasteiger charge is -2.08. The first-order valence-electron chi connectivity index (χ1n) is 5.90. The van der Waals surface area contributed by atoms with E-state index in [4.69, 9.17) is 9.47 Å². The molecule has 0 aliphatic heterocycles. The van der Waals surface area contributed by atoms with Gasteiger partial charge in [0.1, 0.15) is 0 Å². The Morgan fingerprint density at radius 2 is 2.10 bits per heavy atom. The van der Waals surface area contributed by atoms with Gasteiger partial charge in [0.25, 0.3) is 0 Å². The molecule has 1 aromatic heterocycles. The predicted molar refractivity (Wildman–Crippen MR) is 75.3 cm³/mol. The van der Waals surface area contributed by atoms with Gasteiger partial charge in [0.05, 0.1) is 26.0 Å². The molecule has 0 bridgehead atoms. The molecule has 0 atom stereocenters. The number of carbonyl (C=O) groups is 1. The van der Waals surface area contributed by atoms with E-state index in [1.54, 1.807) is 11.8 Å². The molecule has 0 aliphatic carbocycles. The van der Waals surface area contributed by atoms with E-state index in [1.165, 1.54) is 7.11 Å². The van der Waals surface area contributed by atoms with Crippen molar-refractivity contribution in [1.29, 1.82) is 0 Å². The minimum absolute atomic E-state index is 0.182. The van der Waals surface area contributed by atoms with Crippen molar-refractivity contribution < 1.29 is 14.3 Å². The number of hydrogen-bond acceptors (Lipinski definition) is 5. The number of carbonyl (C=O) groups excluding carboxylic acids is 1. The number of esters is 1. The van der Waals surface area contributed by atoms with Crippen molar-refractivity contribution in [1.82, 2.24) is 15.0 Å². The summed E-state index contributed by atoms with van der Waals surface area (Å²) in [5.41, 5.74) is 1.81. The summed E-state index contributed by atoms with van der Waals surface area (Å²) in [6.45, 7) is 0.728. The van der Waals surface area contributed by atoms with Gasteiger partial charge >= 0.3 is 5.97 Å². The third-order valence-corrected chi connectivity index (χ3v) is 3.55. The maximum atomic E-state index is 11.6. The molecular weight excluding hydrogens is 326 g/mol. The van der Waals surface area contributed by atoms with Crippen LogP contribution in [-0.2, 0) is 22.6 Å². The number of halogens is 1. The molecule has 0 spiro atoms. The van der Waals surface area contributed by atoms with Crippen molar-refractivity contribution in [3.8, 4) is 0 Å². The summed E-state index contributed by atoms with van der Waals surface area (Å²) in [4.78, 5) is 11.6. The number of nitrogens with zero attached hydrogens (tertiary/aromatic N) is 3. The van der Waals surface area contributed by atoms with Crippen molar-refractivity contribution in [3.05, 3.63) is 45.7 Å². The minimum Gasteiger partial charge on any atom is -0.464 e. The van der Waals surface area contributed by atoms with Gasteiger partial charge in [0, 0.05) is 11.6 Å². The summed E-state index contributed by atoms with van der Waals surface area (Å²) in [7, 11) is 2.86. The fraction of sp³-hybridized carbons (Fsp3) is 0.308. The van der Waals surface area contributed by atoms with Gasteiger partial charge in [-0.05, 0) is 11.6 Å². The number of aromatic nitrogens is 3. The van der Waals surface area contributed by atoms with Gasteiger partial charge in [0.15, 0.2) is 5.69 Å². The molecule has 2 rings (SSSR count). The monoisotopic (exact) mass is 339 g/mol. The smallest absolute Gasteiger partial charge is 0.360 e. The molecule has 7 heteroatoms. The second-order valence-electron chi connectivity index (χ2n) is 4.06. The van der Waals surface area contributed by atoms with Crippen LogP contribution in [0.15, 0.2) is 28.7 Å². The van der Waals surface area contributed by atoms with Crippen LogP contribution in [0.4, 0.5) is 0 Å². The summed E-state index contributed by atoms with van der Waals surface area (Å²) in [5, 5.41) is 7.88. The summed E-state index contributed by atoms with van der Waals surface area (Å²) in [5.74, 6) is -0.518. The summed E-state index contributed by atoms with van der Waals surface area (Å²) >= 11 is 3.48. The van der Waals surface area contributed by atoms with Crippen LogP contribution < -0.4 is 0 Å². The Labute approximate surface area is 124 Å². The molecule has 1 heterocycles. The Kier molecular flexibility index (Phi) is 4.86. The Bertz CT molecular complexity index is 613. The predicted octanol–water partition coefficient (Wildman–Crippen LogP) is 2.02. The van der Waals surface area contributed by atoms with E-state index in [9.17, 15) is 4.79 Å². The highest BCUT2D eigenvalue weighted by Crippen LogP contribution is 2.18. The lowest BCUT2D eigenvalue weighted by molar-refractivity contribution is 0.0588. The Morgan fingerprint density at radius 1 is 1.35 bits per heavy atom. The molecule has 106 valence electrons. The van der Waals surface area contributed by atoms with Crippen molar-refractivity contribution in [2.75, 3.05) is 14.2 Å². The lowest BCUT2D eigenvalue weighted by atomic mass is 10.2. The van der Waals surface area contributed by atoms with E-state index < -0.39 is 5.97 Å². The molecule has 6 nitrogen and oxygen atoms in total. The number of rotatable bonds is 5. The van der Waals surface area contributed by atoms with Crippen molar-refractivity contribution >= 4 is 21.9 Å². The SMILES string of the molecule is COCc1c(C(=O)OC)nnn1Cc1ccccc1Br. The fourth-order valence-electron chi connectivity index (χ4n) is 1.78. The first-order valence-corrected chi connectivity index (χ1v) is 6.69. The molecular formula is C13H14BrN3O3. The topological polar surface area (TPSA) is 66.2 Å². The third-order valence-electron chi connectivity index (χ3n) is 2.78. The Morgan fingerprint density at radius 3 is 2.75 bits per heavy atom. The van der Waals surface area contributed by atoms with E-state index >= 15 is 0 Å². The number of hydrogen-bond donors (Lipinski definition) is 0. The molecule has 0 N–H and O–H groups in total. The number of benzene rings is 1. The van der Waals surface area contributed by atoms with Crippen LogP contribution in [0.25, 0.3) is 0 Å². The van der Waals surface area contributed by atoms with Crippen LogP contribution in [0, 0.1) is 0 Å². The van der Waals surface area contributed by atoms with Gasteiger partial charge in [-0.2, -0.15) is 0 Å². The van der Waals surface area contributed by atoms with Gasteiger partial charge in [0.2, 0.25) is 0 Å². The number of ether oxygens (including phenoxy) is 2. The second kappa shape index (κ2) is 6.62. The summed E-state index contributed by atoms with van der Waals surface area (Å²) in [6.07, 6.45) is 0. The maximum absolute atomic E-state index is 11.6. The van der Waals surface area contributed by atoms with Gasteiger partial charge < -0.3 is 9.47 Å². The molecule has 0 unspecified atom stereocenters. The third kappa shape index (κ3) is 3.05. The highest BCUT2D eigenvalue weighted by atomic mass is 79.9. The van der Waals surface area contributed by atoms with Crippen LogP contribution in [0.3, 0.4) is 0 Å². The standard InChI is InChI=1S/C13H14BrN3O3/c1-19-8-11-12(13(18)20-2)15-16-17(11)7-9-5-3-4-6-10(9)14/h3-6H,7-8H2,1-2H3. The molecule has 20 heavy (non-hydrogen) atoms. The van der Waals surface area contributed by atoms with E-state index in [-0.39, 0.29) is 12.3 Å². The normalized spacial score (nSPS) is 10.6. The molecule has 0 amide bonds. The van der Waals surface area contributed by atoms with Crippen molar-refractivity contribution in [3.63, 3.8) is 0 Å². The van der Waals surface area contributed by atoms with E-state index in [1.807, 2.05) is 24.3 Å². The van der Waals surface area contributed by atoms with Crippen molar-refractivity contribution in [2.24, 2.45) is 0 Å². The molecule has 1 aromatic carbocycles. The molecule has 2 aromatic rings. The Hall–Kier alpha value is -1.73. The average Bonchev–Trinajstić information content (AvgIpc) is 2.84. The molecule has 0 saturated heterocycles. The molecule has 0 saturated carbocycles. The van der Waals surface area contributed by atoms with E-state index in [0.29, 0.717) is 12.2 Å². The molecule has 0 fully saturated rings. The first-order chi connectivity index (χ1) is 9.67.